The number of hydrogen-bond donors (Lipinski definition) is 1. The number of thiocarbonyl (C=S) groups is 1. The Labute approximate surface area is 130 Å². The minimum absolute atomic E-state index is 0.0466. The molecule has 3 aromatic rings. The van der Waals surface area contributed by atoms with Crippen LogP contribution in [-0.2, 0) is 6.54 Å². The van der Waals surface area contributed by atoms with Crippen LogP contribution in [0, 0.1) is 0 Å². The molecule has 0 saturated carbocycles. The predicted molar refractivity (Wildman–Crippen MR) is 90.7 cm³/mol. The monoisotopic (exact) mass is 315 g/mol. The smallest absolute Gasteiger partial charge is 0.262 e. The summed E-state index contributed by atoms with van der Waals surface area (Å²) in [5.41, 5.74) is 6.53. The van der Waals surface area contributed by atoms with Crippen LogP contribution in [0.4, 0.5) is 0 Å². The Balaban J connectivity index is 2.04. The molecule has 1 aromatic carbocycles. The number of hydrogen-bond acceptors (Lipinski definition) is 4. The number of rotatable bonds is 4. The van der Waals surface area contributed by atoms with Gasteiger partial charge in [-0.2, -0.15) is 0 Å². The van der Waals surface area contributed by atoms with Crippen molar-refractivity contribution >= 4 is 38.8 Å². The quantitative estimate of drug-likeness (QED) is 0.752. The van der Waals surface area contributed by atoms with Gasteiger partial charge in [-0.25, -0.2) is 4.98 Å². The van der Waals surface area contributed by atoms with Crippen LogP contribution in [-0.4, -0.2) is 14.5 Å². The first-order valence-corrected chi connectivity index (χ1v) is 7.70. The fourth-order valence-corrected chi connectivity index (χ4v) is 3.18. The average molecular weight is 315 g/mol. The average Bonchev–Trinajstić information content (AvgIpc) is 2.92. The van der Waals surface area contributed by atoms with Gasteiger partial charge in [-0.15, -0.1) is 11.3 Å². The molecule has 4 nitrogen and oxygen atoms in total. The van der Waals surface area contributed by atoms with E-state index in [4.69, 9.17) is 18.0 Å². The van der Waals surface area contributed by atoms with E-state index in [-0.39, 0.29) is 5.56 Å². The second-order valence-corrected chi connectivity index (χ2v) is 6.21. The summed E-state index contributed by atoms with van der Waals surface area (Å²) in [6.45, 7) is 0.466. The summed E-state index contributed by atoms with van der Waals surface area (Å²) in [4.78, 5) is 19.0. The van der Waals surface area contributed by atoms with Gasteiger partial charge in [-0.3, -0.25) is 9.36 Å². The Morgan fingerprint density at radius 3 is 2.81 bits per heavy atom. The van der Waals surface area contributed by atoms with Crippen LogP contribution in [0.1, 0.15) is 6.42 Å². The van der Waals surface area contributed by atoms with Crippen molar-refractivity contribution in [3.05, 3.63) is 53.1 Å². The number of aryl methyl sites for hydroxylation is 1. The molecule has 6 heteroatoms. The van der Waals surface area contributed by atoms with Gasteiger partial charge in [-0.1, -0.05) is 42.5 Å². The van der Waals surface area contributed by atoms with Gasteiger partial charge >= 0.3 is 0 Å². The summed E-state index contributed by atoms with van der Waals surface area (Å²) in [7, 11) is 0. The van der Waals surface area contributed by atoms with Crippen LogP contribution < -0.4 is 11.3 Å². The van der Waals surface area contributed by atoms with E-state index in [1.54, 1.807) is 10.9 Å². The molecule has 0 unspecified atom stereocenters. The lowest BCUT2D eigenvalue weighted by molar-refractivity contribution is 0.688. The molecule has 0 atom stereocenters. The van der Waals surface area contributed by atoms with Gasteiger partial charge < -0.3 is 5.73 Å². The summed E-state index contributed by atoms with van der Waals surface area (Å²) >= 11 is 6.37. The van der Waals surface area contributed by atoms with Crippen LogP contribution in [0.3, 0.4) is 0 Å². The molecule has 2 aromatic heterocycles. The number of aromatic nitrogens is 2. The molecule has 0 amide bonds. The zero-order chi connectivity index (χ0) is 14.8. The Kier molecular flexibility index (Phi) is 3.81. The normalized spacial score (nSPS) is 10.9. The van der Waals surface area contributed by atoms with Crippen LogP contribution >= 0.6 is 23.6 Å². The maximum atomic E-state index is 12.4. The molecule has 0 saturated heterocycles. The minimum Gasteiger partial charge on any atom is -0.393 e. The van der Waals surface area contributed by atoms with Gasteiger partial charge in [0.05, 0.1) is 16.7 Å². The van der Waals surface area contributed by atoms with Crippen LogP contribution in [0.2, 0.25) is 0 Å². The van der Waals surface area contributed by atoms with Crippen molar-refractivity contribution in [3.63, 3.8) is 0 Å². The molecule has 3 rings (SSSR count). The summed E-state index contributed by atoms with van der Waals surface area (Å²) < 4.78 is 1.56. The fourth-order valence-electron chi connectivity index (χ4n) is 2.09. The molecular formula is C15H13N3OS2. The molecule has 106 valence electrons. The summed E-state index contributed by atoms with van der Waals surface area (Å²) in [5, 5.41) is 0.643. The van der Waals surface area contributed by atoms with E-state index < -0.39 is 0 Å². The molecule has 0 aliphatic rings. The van der Waals surface area contributed by atoms with Gasteiger partial charge in [0.25, 0.3) is 5.56 Å². The van der Waals surface area contributed by atoms with Crippen molar-refractivity contribution in [3.8, 4) is 10.4 Å². The third-order valence-electron chi connectivity index (χ3n) is 3.18. The summed E-state index contributed by atoms with van der Waals surface area (Å²) in [5.74, 6) is 0. The highest BCUT2D eigenvalue weighted by molar-refractivity contribution is 7.80. The zero-order valence-corrected chi connectivity index (χ0v) is 12.8. The molecule has 0 aliphatic carbocycles. The van der Waals surface area contributed by atoms with Gasteiger partial charge in [0, 0.05) is 17.8 Å². The first-order valence-electron chi connectivity index (χ1n) is 6.48. The Morgan fingerprint density at radius 2 is 2.10 bits per heavy atom. The first-order chi connectivity index (χ1) is 10.1. The zero-order valence-electron chi connectivity index (χ0n) is 11.2. The second-order valence-electron chi connectivity index (χ2n) is 4.65. The molecule has 0 bridgehead atoms. The molecule has 2 N–H and O–H groups in total. The SMILES string of the molecule is NC(=S)CCn1cnc2sc(-c3ccccc3)cc2c1=O. The number of nitrogens with zero attached hydrogens (tertiary/aromatic N) is 2. The molecule has 21 heavy (non-hydrogen) atoms. The number of nitrogens with two attached hydrogens (primary N) is 1. The lowest BCUT2D eigenvalue weighted by Crippen LogP contribution is -2.22. The number of thiophene rings is 1. The number of fused-ring (bicyclic) bond motifs is 1. The third-order valence-corrected chi connectivity index (χ3v) is 4.47. The highest BCUT2D eigenvalue weighted by Crippen LogP contribution is 2.30. The van der Waals surface area contributed by atoms with Gasteiger partial charge in [0.1, 0.15) is 4.83 Å². The van der Waals surface area contributed by atoms with E-state index in [0.29, 0.717) is 23.3 Å². The van der Waals surface area contributed by atoms with E-state index >= 15 is 0 Å². The van der Waals surface area contributed by atoms with Crippen molar-refractivity contribution in [2.75, 3.05) is 0 Å². The van der Waals surface area contributed by atoms with E-state index in [0.717, 1.165) is 15.3 Å². The van der Waals surface area contributed by atoms with Gasteiger partial charge in [-0.05, 0) is 11.6 Å². The largest absolute Gasteiger partial charge is 0.393 e. The third kappa shape index (κ3) is 2.86. The summed E-state index contributed by atoms with van der Waals surface area (Å²) in [6.07, 6.45) is 2.06. The molecular weight excluding hydrogens is 302 g/mol. The van der Waals surface area contributed by atoms with Crippen molar-refractivity contribution in [2.24, 2.45) is 5.73 Å². The van der Waals surface area contributed by atoms with Crippen LogP contribution in [0.5, 0.6) is 0 Å². The fraction of sp³-hybridized carbons (Fsp3) is 0.133. The summed E-state index contributed by atoms with van der Waals surface area (Å²) in [6, 6.07) is 11.9. The Hall–Kier alpha value is -2.05. The highest BCUT2D eigenvalue weighted by Gasteiger charge is 2.10. The van der Waals surface area contributed by atoms with Crippen LogP contribution in [0.15, 0.2) is 47.5 Å². The van der Waals surface area contributed by atoms with Crippen LogP contribution in [0.25, 0.3) is 20.7 Å². The van der Waals surface area contributed by atoms with E-state index in [2.05, 4.69) is 4.98 Å². The first kappa shape index (κ1) is 13.9. The maximum absolute atomic E-state index is 12.4. The second kappa shape index (κ2) is 5.75. The standard InChI is InChI=1S/C15H13N3OS2/c16-13(20)6-7-18-9-17-14-11(15(18)19)8-12(21-14)10-4-2-1-3-5-10/h1-5,8-9H,6-7H2,(H2,16,20). The molecule has 0 radical (unpaired) electrons. The molecule has 0 spiro atoms. The Bertz CT molecular complexity index is 852. The van der Waals surface area contributed by atoms with Crippen molar-refractivity contribution < 1.29 is 0 Å². The minimum atomic E-state index is -0.0466. The van der Waals surface area contributed by atoms with Gasteiger partial charge in [0.2, 0.25) is 0 Å². The lowest BCUT2D eigenvalue weighted by Gasteiger charge is -2.03. The molecule has 0 fully saturated rings. The highest BCUT2D eigenvalue weighted by atomic mass is 32.1. The topological polar surface area (TPSA) is 60.9 Å². The van der Waals surface area contributed by atoms with E-state index in [9.17, 15) is 4.79 Å². The van der Waals surface area contributed by atoms with Crippen molar-refractivity contribution in [1.82, 2.24) is 9.55 Å². The van der Waals surface area contributed by atoms with E-state index in [1.165, 1.54) is 11.3 Å². The Morgan fingerprint density at radius 1 is 1.33 bits per heavy atom. The van der Waals surface area contributed by atoms with Gasteiger partial charge in [0.15, 0.2) is 0 Å². The number of benzene rings is 1. The lowest BCUT2D eigenvalue weighted by atomic mass is 10.2. The molecule has 2 heterocycles. The predicted octanol–water partition coefficient (Wildman–Crippen LogP) is 2.80. The van der Waals surface area contributed by atoms with Crippen molar-refractivity contribution in [2.45, 2.75) is 13.0 Å². The maximum Gasteiger partial charge on any atom is 0.262 e. The van der Waals surface area contributed by atoms with Crippen molar-refractivity contribution in [1.29, 1.82) is 0 Å². The molecule has 0 aliphatic heterocycles. The van der Waals surface area contributed by atoms with E-state index in [1.807, 2.05) is 36.4 Å².